The van der Waals surface area contributed by atoms with Gasteiger partial charge in [0.25, 0.3) is 0 Å². The lowest BCUT2D eigenvalue weighted by Crippen LogP contribution is -2.73. The van der Waals surface area contributed by atoms with Gasteiger partial charge < -0.3 is 25.2 Å². The summed E-state index contributed by atoms with van der Waals surface area (Å²) in [6.45, 7) is 9.37. The van der Waals surface area contributed by atoms with Gasteiger partial charge in [0.05, 0.1) is 26.2 Å². The molecule has 2 heterocycles. The fourth-order valence-electron chi connectivity index (χ4n) is 3.45. The third-order valence-electron chi connectivity index (χ3n) is 4.61. The number of hydrogen-bond donors (Lipinski definition) is 1. The molecule has 0 saturated carbocycles. The SMILES string of the molecule is C=CC(=O)N1CCOC2(C1)CN(C(=O)N(C)[C@H](C(N)=O)C(C)C)C2. The first-order valence-electron chi connectivity index (χ1n) is 8.07. The van der Waals surface area contributed by atoms with Crippen molar-refractivity contribution in [2.45, 2.75) is 25.5 Å². The number of primary amides is 1. The number of carbonyl (C=O) groups excluding carboxylic acids is 3. The summed E-state index contributed by atoms with van der Waals surface area (Å²) in [5, 5.41) is 0. The van der Waals surface area contributed by atoms with Crippen LogP contribution in [0.2, 0.25) is 0 Å². The number of carbonyl (C=O) groups is 3. The summed E-state index contributed by atoms with van der Waals surface area (Å²) < 4.78 is 5.81. The largest absolute Gasteiger partial charge is 0.368 e. The van der Waals surface area contributed by atoms with Gasteiger partial charge in [-0.25, -0.2) is 4.79 Å². The predicted octanol–water partition coefficient (Wildman–Crippen LogP) is -0.353. The molecule has 0 radical (unpaired) electrons. The molecular weight excluding hydrogens is 312 g/mol. The van der Waals surface area contributed by atoms with Crippen molar-refractivity contribution in [1.29, 1.82) is 0 Å². The third-order valence-corrected chi connectivity index (χ3v) is 4.61. The number of rotatable bonds is 4. The van der Waals surface area contributed by atoms with Crippen LogP contribution in [0.15, 0.2) is 12.7 Å². The van der Waals surface area contributed by atoms with E-state index >= 15 is 0 Å². The molecule has 2 N–H and O–H groups in total. The molecule has 0 unspecified atom stereocenters. The number of ether oxygens (including phenoxy) is 1. The van der Waals surface area contributed by atoms with Gasteiger partial charge in [-0.1, -0.05) is 20.4 Å². The minimum atomic E-state index is -0.653. The van der Waals surface area contributed by atoms with Crippen LogP contribution in [0.5, 0.6) is 0 Å². The average Bonchev–Trinajstić information content (AvgIpc) is 2.50. The molecule has 0 aliphatic carbocycles. The smallest absolute Gasteiger partial charge is 0.320 e. The van der Waals surface area contributed by atoms with Crippen LogP contribution in [0.4, 0.5) is 4.79 Å². The molecule has 2 rings (SSSR count). The third kappa shape index (κ3) is 3.38. The number of nitrogens with zero attached hydrogens (tertiary/aromatic N) is 3. The molecule has 1 spiro atoms. The van der Waals surface area contributed by atoms with E-state index in [1.54, 1.807) is 16.8 Å². The fourth-order valence-corrected chi connectivity index (χ4v) is 3.45. The Bertz CT molecular complexity index is 542. The van der Waals surface area contributed by atoms with Gasteiger partial charge in [-0.2, -0.15) is 0 Å². The lowest BCUT2D eigenvalue weighted by Gasteiger charge is -2.54. The highest BCUT2D eigenvalue weighted by Gasteiger charge is 2.51. The Morgan fingerprint density at radius 1 is 1.25 bits per heavy atom. The monoisotopic (exact) mass is 338 g/mol. The quantitative estimate of drug-likeness (QED) is 0.709. The summed E-state index contributed by atoms with van der Waals surface area (Å²) in [7, 11) is 1.58. The van der Waals surface area contributed by atoms with Gasteiger partial charge in [-0.3, -0.25) is 9.59 Å². The number of morpholine rings is 1. The van der Waals surface area contributed by atoms with E-state index in [1.807, 2.05) is 13.8 Å². The van der Waals surface area contributed by atoms with Crippen molar-refractivity contribution in [2.75, 3.05) is 39.8 Å². The molecular formula is C16H26N4O4. The second-order valence-corrected chi connectivity index (χ2v) is 6.84. The van der Waals surface area contributed by atoms with Gasteiger partial charge in [-0.15, -0.1) is 0 Å². The summed E-state index contributed by atoms with van der Waals surface area (Å²) in [6.07, 6.45) is 1.29. The number of likely N-dealkylation sites (tertiary alicyclic amines) is 1. The summed E-state index contributed by atoms with van der Waals surface area (Å²) in [5.74, 6) is -0.723. The zero-order valence-corrected chi connectivity index (χ0v) is 14.5. The second-order valence-electron chi connectivity index (χ2n) is 6.84. The number of urea groups is 1. The minimum absolute atomic E-state index is 0.0710. The molecule has 134 valence electrons. The van der Waals surface area contributed by atoms with Crippen molar-refractivity contribution < 1.29 is 19.1 Å². The van der Waals surface area contributed by atoms with E-state index < -0.39 is 17.6 Å². The van der Waals surface area contributed by atoms with E-state index in [0.29, 0.717) is 32.8 Å². The molecule has 0 aromatic rings. The molecule has 2 fully saturated rings. The normalized spacial score (nSPS) is 20.5. The van der Waals surface area contributed by atoms with Crippen molar-refractivity contribution in [1.82, 2.24) is 14.7 Å². The standard InChI is InChI=1S/C16H26N4O4/c1-5-12(21)19-6-7-24-16(8-19)9-20(10-16)15(23)18(4)13(11(2)3)14(17)22/h5,11,13H,1,6-10H2,2-4H3,(H2,17,22)/t13-/m0/s1. The van der Waals surface area contributed by atoms with E-state index in [2.05, 4.69) is 6.58 Å². The molecule has 0 aromatic carbocycles. The van der Waals surface area contributed by atoms with E-state index in [1.165, 1.54) is 11.0 Å². The molecule has 0 bridgehead atoms. The Kier molecular flexibility index (Phi) is 5.17. The average molecular weight is 338 g/mol. The first kappa shape index (κ1) is 18.3. The Labute approximate surface area is 142 Å². The van der Waals surface area contributed by atoms with E-state index in [4.69, 9.17) is 10.5 Å². The summed E-state index contributed by atoms with van der Waals surface area (Å²) in [6, 6.07) is -0.908. The highest BCUT2D eigenvalue weighted by atomic mass is 16.5. The zero-order chi connectivity index (χ0) is 18.1. The Morgan fingerprint density at radius 3 is 2.33 bits per heavy atom. The van der Waals surface area contributed by atoms with Gasteiger partial charge in [0.2, 0.25) is 11.8 Å². The van der Waals surface area contributed by atoms with Crippen LogP contribution in [-0.4, -0.2) is 84.0 Å². The number of nitrogens with two attached hydrogens (primary N) is 1. The van der Waals surface area contributed by atoms with Gasteiger partial charge >= 0.3 is 6.03 Å². The van der Waals surface area contributed by atoms with Crippen molar-refractivity contribution in [2.24, 2.45) is 11.7 Å². The molecule has 2 saturated heterocycles. The van der Waals surface area contributed by atoms with Crippen molar-refractivity contribution in [3.63, 3.8) is 0 Å². The molecule has 24 heavy (non-hydrogen) atoms. The van der Waals surface area contributed by atoms with Gasteiger partial charge in [0, 0.05) is 13.6 Å². The maximum atomic E-state index is 12.6. The van der Waals surface area contributed by atoms with Crippen LogP contribution in [-0.2, 0) is 14.3 Å². The number of likely N-dealkylation sites (N-methyl/N-ethyl adjacent to an activating group) is 1. The van der Waals surface area contributed by atoms with Crippen LogP contribution in [0.1, 0.15) is 13.8 Å². The second kappa shape index (κ2) is 6.80. The van der Waals surface area contributed by atoms with E-state index in [0.717, 1.165) is 0 Å². The van der Waals surface area contributed by atoms with E-state index in [-0.39, 0.29) is 17.9 Å². The van der Waals surface area contributed by atoms with Crippen molar-refractivity contribution in [3.8, 4) is 0 Å². The molecule has 2 aliphatic rings. The Morgan fingerprint density at radius 2 is 1.83 bits per heavy atom. The highest BCUT2D eigenvalue weighted by molar-refractivity contribution is 5.87. The number of amides is 4. The van der Waals surface area contributed by atoms with Gasteiger partial charge in [0.15, 0.2) is 0 Å². The van der Waals surface area contributed by atoms with Gasteiger partial charge in [-0.05, 0) is 12.0 Å². The molecule has 8 heteroatoms. The predicted molar refractivity (Wildman–Crippen MR) is 88.0 cm³/mol. The maximum absolute atomic E-state index is 12.6. The van der Waals surface area contributed by atoms with Crippen LogP contribution in [0, 0.1) is 5.92 Å². The Hall–Kier alpha value is -2.09. The van der Waals surface area contributed by atoms with Crippen molar-refractivity contribution in [3.05, 3.63) is 12.7 Å². The Balaban J connectivity index is 1.97. The summed E-state index contributed by atoms with van der Waals surface area (Å²) in [4.78, 5) is 40.6. The van der Waals surface area contributed by atoms with Crippen molar-refractivity contribution >= 4 is 17.8 Å². The fraction of sp³-hybridized carbons (Fsp3) is 0.688. The molecule has 8 nitrogen and oxygen atoms in total. The van der Waals surface area contributed by atoms with E-state index in [9.17, 15) is 14.4 Å². The lowest BCUT2D eigenvalue weighted by molar-refractivity contribution is -0.178. The first-order chi connectivity index (χ1) is 11.2. The topological polar surface area (TPSA) is 96.2 Å². The molecule has 0 aromatic heterocycles. The molecule has 1 atom stereocenters. The molecule has 4 amide bonds. The lowest BCUT2D eigenvalue weighted by atomic mass is 9.91. The minimum Gasteiger partial charge on any atom is -0.368 e. The molecule has 2 aliphatic heterocycles. The van der Waals surface area contributed by atoms with Crippen LogP contribution >= 0.6 is 0 Å². The van der Waals surface area contributed by atoms with Gasteiger partial charge in [0.1, 0.15) is 11.6 Å². The van der Waals surface area contributed by atoms with Crippen LogP contribution < -0.4 is 5.73 Å². The first-order valence-corrected chi connectivity index (χ1v) is 8.07. The number of hydrogen-bond acceptors (Lipinski definition) is 4. The maximum Gasteiger partial charge on any atom is 0.320 e. The summed E-state index contributed by atoms with van der Waals surface area (Å²) in [5.41, 5.74) is 4.89. The zero-order valence-electron chi connectivity index (χ0n) is 14.5. The summed E-state index contributed by atoms with van der Waals surface area (Å²) >= 11 is 0. The van der Waals surface area contributed by atoms with Crippen LogP contribution in [0.3, 0.4) is 0 Å². The highest BCUT2D eigenvalue weighted by Crippen LogP contribution is 2.30. The van der Waals surface area contributed by atoms with Crippen LogP contribution in [0.25, 0.3) is 0 Å².